The van der Waals surface area contributed by atoms with Crippen LogP contribution in [0.4, 0.5) is 18.7 Å². The fourth-order valence-electron chi connectivity index (χ4n) is 3.40. The Morgan fingerprint density at radius 3 is 2.52 bits per heavy atom. The summed E-state index contributed by atoms with van der Waals surface area (Å²) in [4.78, 5) is 41.3. The van der Waals surface area contributed by atoms with Gasteiger partial charge >= 0.3 is 12.3 Å². The number of nitrogens with one attached hydrogen (secondary N) is 2. The first kappa shape index (κ1) is 16.2. The molecule has 1 aromatic heterocycles. The van der Waals surface area contributed by atoms with Gasteiger partial charge in [-0.1, -0.05) is 11.3 Å². The Hall–Kier alpha value is -3.02. The van der Waals surface area contributed by atoms with Crippen molar-refractivity contribution in [2.75, 3.05) is 18.4 Å². The Balaban J connectivity index is 1.33. The number of benzene rings is 1. The molecule has 140 valence electrons. The van der Waals surface area contributed by atoms with Gasteiger partial charge in [0.05, 0.1) is 22.1 Å². The maximum absolute atomic E-state index is 13.1. The molecule has 12 heteroatoms. The van der Waals surface area contributed by atoms with Crippen molar-refractivity contribution < 1.29 is 32.6 Å². The maximum atomic E-state index is 13.1. The van der Waals surface area contributed by atoms with Gasteiger partial charge in [0.15, 0.2) is 16.6 Å². The summed E-state index contributed by atoms with van der Waals surface area (Å²) in [6, 6.07) is 2.18. The normalized spacial score (nSPS) is 25.0. The minimum atomic E-state index is -3.71. The lowest BCUT2D eigenvalue weighted by Gasteiger charge is -2.16. The lowest BCUT2D eigenvalue weighted by atomic mass is 10.00. The summed E-state index contributed by atoms with van der Waals surface area (Å²) < 4.78 is 35.5. The van der Waals surface area contributed by atoms with Crippen molar-refractivity contribution >= 4 is 44.5 Å². The number of carbonyl (C=O) groups is 3. The van der Waals surface area contributed by atoms with E-state index in [1.54, 1.807) is 0 Å². The molecule has 2 aromatic rings. The standard InChI is InChI=1S/C15H10F2N4O5S/c16-15(17)25-8-1-7-10(2-9(8)26-15)27-13(18-7)20-14(24)21-3-5-6(4-21)12(23)19-11(5)22/h1-2,5-6H,3-4H2,(H,18,20,24)(H,19,22,23)/t5-,6+. The predicted molar refractivity (Wildman–Crippen MR) is 86.5 cm³/mol. The van der Waals surface area contributed by atoms with E-state index in [2.05, 4.69) is 25.1 Å². The van der Waals surface area contributed by atoms with E-state index in [9.17, 15) is 23.2 Å². The van der Waals surface area contributed by atoms with Crippen molar-refractivity contribution in [1.29, 1.82) is 0 Å². The first-order chi connectivity index (χ1) is 12.8. The number of fused-ring (bicyclic) bond motifs is 3. The number of anilines is 1. The first-order valence-electron chi connectivity index (χ1n) is 7.90. The first-order valence-corrected chi connectivity index (χ1v) is 8.72. The summed E-state index contributed by atoms with van der Waals surface area (Å²) in [6.07, 6.45) is -3.71. The van der Waals surface area contributed by atoms with Crippen LogP contribution in [0.5, 0.6) is 11.5 Å². The molecule has 2 N–H and O–H groups in total. The number of imide groups is 1. The Kier molecular flexibility index (Phi) is 3.15. The van der Waals surface area contributed by atoms with Crippen LogP contribution in [-0.4, -0.2) is 47.1 Å². The van der Waals surface area contributed by atoms with Crippen LogP contribution >= 0.6 is 11.3 Å². The maximum Gasteiger partial charge on any atom is 0.586 e. The zero-order valence-electron chi connectivity index (χ0n) is 13.3. The third-order valence-electron chi connectivity index (χ3n) is 4.65. The molecule has 4 amide bonds. The topological polar surface area (TPSA) is 110 Å². The van der Waals surface area contributed by atoms with E-state index in [4.69, 9.17) is 0 Å². The van der Waals surface area contributed by atoms with Crippen LogP contribution in [0.3, 0.4) is 0 Å². The monoisotopic (exact) mass is 396 g/mol. The largest absolute Gasteiger partial charge is 0.586 e. The number of rotatable bonds is 1. The lowest BCUT2D eigenvalue weighted by Crippen LogP contribution is -2.37. The van der Waals surface area contributed by atoms with Gasteiger partial charge in [-0.3, -0.25) is 20.2 Å². The molecule has 3 aliphatic rings. The molecular formula is C15H10F2N4O5S. The van der Waals surface area contributed by atoms with Crippen molar-refractivity contribution in [1.82, 2.24) is 15.2 Å². The highest BCUT2D eigenvalue weighted by molar-refractivity contribution is 7.22. The second-order valence-corrected chi connectivity index (χ2v) is 7.39. The highest BCUT2D eigenvalue weighted by atomic mass is 32.1. The third-order valence-corrected chi connectivity index (χ3v) is 5.59. The Labute approximate surface area is 153 Å². The fraction of sp³-hybridized carbons (Fsp3) is 0.333. The van der Waals surface area contributed by atoms with E-state index in [0.29, 0.717) is 10.2 Å². The summed E-state index contributed by atoms with van der Waals surface area (Å²) in [5, 5.41) is 5.10. The summed E-state index contributed by atoms with van der Waals surface area (Å²) in [6.45, 7) is 0.286. The number of aromatic nitrogens is 1. The zero-order chi connectivity index (χ0) is 18.9. The lowest BCUT2D eigenvalue weighted by molar-refractivity contribution is -0.286. The summed E-state index contributed by atoms with van der Waals surface area (Å²) in [5.74, 6) is -2.04. The smallest absolute Gasteiger partial charge is 0.395 e. The van der Waals surface area contributed by atoms with Gasteiger partial charge in [0, 0.05) is 25.2 Å². The van der Waals surface area contributed by atoms with Crippen LogP contribution in [0.25, 0.3) is 10.2 Å². The second kappa shape index (κ2) is 5.25. The van der Waals surface area contributed by atoms with Gasteiger partial charge in [0.2, 0.25) is 11.8 Å². The molecule has 0 unspecified atom stereocenters. The number of nitrogens with zero attached hydrogens (tertiary/aromatic N) is 2. The van der Waals surface area contributed by atoms with Crippen LogP contribution < -0.4 is 20.1 Å². The van der Waals surface area contributed by atoms with Gasteiger partial charge in [0.1, 0.15) is 0 Å². The molecule has 4 heterocycles. The quantitative estimate of drug-likeness (QED) is 0.705. The van der Waals surface area contributed by atoms with Crippen molar-refractivity contribution in [3.05, 3.63) is 12.1 Å². The number of hydrogen-bond donors (Lipinski definition) is 2. The van der Waals surface area contributed by atoms with Gasteiger partial charge in [-0.15, -0.1) is 8.78 Å². The molecule has 0 spiro atoms. The SMILES string of the molecule is O=C1NC(=O)[C@@H]2CN(C(=O)Nc3nc4cc5c(cc4s3)OC(F)(F)O5)C[C@H]12. The minimum absolute atomic E-state index is 0.106. The Morgan fingerprint density at radius 2 is 1.85 bits per heavy atom. The number of alkyl halides is 2. The zero-order valence-corrected chi connectivity index (χ0v) is 14.1. The van der Waals surface area contributed by atoms with Crippen molar-refractivity contribution in [2.24, 2.45) is 11.8 Å². The molecule has 5 rings (SSSR count). The highest BCUT2D eigenvalue weighted by Crippen LogP contribution is 2.44. The highest BCUT2D eigenvalue weighted by Gasteiger charge is 2.49. The van der Waals surface area contributed by atoms with Gasteiger partial charge in [-0.05, 0) is 0 Å². The number of likely N-dealkylation sites (tertiary alicyclic amines) is 1. The molecule has 27 heavy (non-hydrogen) atoms. The molecule has 1 aromatic carbocycles. The molecular weight excluding hydrogens is 386 g/mol. The van der Waals surface area contributed by atoms with E-state index < -0.39 is 24.2 Å². The van der Waals surface area contributed by atoms with E-state index in [1.165, 1.54) is 17.0 Å². The van der Waals surface area contributed by atoms with Gasteiger partial charge in [-0.2, -0.15) is 0 Å². The van der Waals surface area contributed by atoms with E-state index in [0.717, 1.165) is 11.3 Å². The van der Waals surface area contributed by atoms with E-state index in [1.807, 2.05) is 0 Å². The fourth-order valence-corrected chi connectivity index (χ4v) is 4.27. The molecule has 2 atom stereocenters. The average molecular weight is 396 g/mol. The molecule has 2 saturated heterocycles. The third kappa shape index (κ3) is 2.55. The molecule has 9 nitrogen and oxygen atoms in total. The Morgan fingerprint density at radius 1 is 1.22 bits per heavy atom. The molecule has 0 aliphatic carbocycles. The number of ether oxygens (including phenoxy) is 2. The average Bonchev–Trinajstić information content (AvgIpc) is 3.28. The van der Waals surface area contributed by atoms with Crippen LogP contribution in [0.1, 0.15) is 0 Å². The van der Waals surface area contributed by atoms with Crippen molar-refractivity contribution in [2.45, 2.75) is 6.29 Å². The van der Waals surface area contributed by atoms with Crippen LogP contribution in [0, 0.1) is 11.8 Å². The summed E-state index contributed by atoms with van der Waals surface area (Å²) in [7, 11) is 0. The van der Waals surface area contributed by atoms with Gasteiger partial charge < -0.3 is 14.4 Å². The summed E-state index contributed by atoms with van der Waals surface area (Å²) >= 11 is 1.08. The van der Waals surface area contributed by atoms with E-state index >= 15 is 0 Å². The number of thiazole rings is 1. The number of hydrogen-bond acceptors (Lipinski definition) is 7. The Bertz CT molecular complexity index is 958. The van der Waals surface area contributed by atoms with Crippen molar-refractivity contribution in [3.63, 3.8) is 0 Å². The van der Waals surface area contributed by atoms with Gasteiger partial charge in [-0.25, -0.2) is 9.78 Å². The molecule has 2 fully saturated rings. The van der Waals surface area contributed by atoms with E-state index in [-0.39, 0.29) is 41.5 Å². The molecule has 0 saturated carbocycles. The van der Waals surface area contributed by atoms with Crippen LogP contribution in [0.15, 0.2) is 12.1 Å². The predicted octanol–water partition coefficient (Wildman–Crippen LogP) is 1.35. The number of urea groups is 1. The van der Waals surface area contributed by atoms with Crippen molar-refractivity contribution in [3.8, 4) is 11.5 Å². The molecule has 0 radical (unpaired) electrons. The molecule has 0 bridgehead atoms. The second-order valence-electron chi connectivity index (χ2n) is 6.35. The molecule has 3 aliphatic heterocycles. The number of amides is 4. The van der Waals surface area contributed by atoms with Crippen LogP contribution in [-0.2, 0) is 9.59 Å². The van der Waals surface area contributed by atoms with Gasteiger partial charge in [0.25, 0.3) is 0 Å². The number of carbonyl (C=O) groups excluding carboxylic acids is 3. The summed E-state index contributed by atoms with van der Waals surface area (Å²) in [5.41, 5.74) is 0.364. The minimum Gasteiger partial charge on any atom is -0.395 e. The van der Waals surface area contributed by atoms with Crippen LogP contribution in [0.2, 0.25) is 0 Å². The number of halogens is 2.